The summed E-state index contributed by atoms with van der Waals surface area (Å²) < 4.78 is 7.40. The Morgan fingerprint density at radius 1 is 1.38 bits per heavy atom. The predicted octanol–water partition coefficient (Wildman–Crippen LogP) is 2.15. The summed E-state index contributed by atoms with van der Waals surface area (Å²) >= 11 is 0. The van der Waals surface area contributed by atoms with Crippen LogP contribution < -0.4 is 5.56 Å². The zero-order valence-corrected chi connectivity index (χ0v) is 12.7. The Labute approximate surface area is 124 Å². The molecule has 1 aromatic carbocycles. The Hall–Kier alpha value is -1.65. The number of hydrogen-bond donors (Lipinski definition) is 0. The molecule has 0 unspecified atom stereocenters. The molecule has 1 atom stereocenters. The van der Waals surface area contributed by atoms with Gasteiger partial charge in [-0.15, -0.1) is 0 Å². The van der Waals surface area contributed by atoms with Gasteiger partial charge < -0.3 is 9.30 Å². The Balaban J connectivity index is 1.83. The molecular weight excluding hydrogens is 264 g/mol. The van der Waals surface area contributed by atoms with Gasteiger partial charge in [0.2, 0.25) is 0 Å². The van der Waals surface area contributed by atoms with Crippen molar-refractivity contribution in [1.29, 1.82) is 0 Å². The standard InChI is InChI=1S/C17H22N2O2/c1-18(12-15-7-5-9-21-15)11-14-10-13-6-3-4-8-16(13)19(2)17(14)20/h3-4,6,8,10,15H,5,7,9,11-12H2,1-2H3/t15-/m0/s1. The molecule has 1 fully saturated rings. The highest BCUT2D eigenvalue weighted by atomic mass is 16.5. The van der Waals surface area contributed by atoms with E-state index in [1.807, 2.05) is 31.3 Å². The van der Waals surface area contributed by atoms with Crippen molar-refractivity contribution in [2.45, 2.75) is 25.5 Å². The molecule has 0 spiro atoms. The third-order valence-electron chi connectivity index (χ3n) is 4.19. The quantitative estimate of drug-likeness (QED) is 0.864. The van der Waals surface area contributed by atoms with Crippen LogP contribution in [-0.2, 0) is 18.3 Å². The van der Waals surface area contributed by atoms with E-state index >= 15 is 0 Å². The number of ether oxygens (including phenoxy) is 1. The van der Waals surface area contributed by atoms with Crippen molar-refractivity contribution in [3.05, 3.63) is 46.2 Å². The first-order chi connectivity index (χ1) is 10.1. The van der Waals surface area contributed by atoms with Crippen LogP contribution in [0.5, 0.6) is 0 Å². The molecule has 0 aliphatic carbocycles. The van der Waals surface area contributed by atoms with Gasteiger partial charge in [0.25, 0.3) is 5.56 Å². The lowest BCUT2D eigenvalue weighted by Crippen LogP contribution is -2.32. The normalized spacial score (nSPS) is 18.7. The number of aromatic nitrogens is 1. The van der Waals surface area contributed by atoms with Crippen LogP contribution in [0.3, 0.4) is 0 Å². The number of aryl methyl sites for hydroxylation is 1. The molecule has 3 rings (SSSR count). The number of para-hydroxylation sites is 1. The van der Waals surface area contributed by atoms with Crippen LogP contribution in [0.1, 0.15) is 18.4 Å². The second-order valence-electron chi connectivity index (χ2n) is 5.92. The van der Waals surface area contributed by atoms with E-state index in [1.54, 1.807) is 4.57 Å². The van der Waals surface area contributed by atoms with Crippen molar-refractivity contribution in [1.82, 2.24) is 9.47 Å². The van der Waals surface area contributed by atoms with Gasteiger partial charge >= 0.3 is 0 Å². The maximum Gasteiger partial charge on any atom is 0.255 e. The number of rotatable bonds is 4. The molecule has 4 nitrogen and oxygen atoms in total. The molecule has 112 valence electrons. The number of benzene rings is 1. The van der Waals surface area contributed by atoms with Crippen LogP contribution in [0, 0.1) is 0 Å². The van der Waals surface area contributed by atoms with E-state index in [4.69, 9.17) is 4.74 Å². The minimum atomic E-state index is 0.0906. The minimum absolute atomic E-state index is 0.0906. The maximum absolute atomic E-state index is 12.5. The molecular formula is C17H22N2O2. The van der Waals surface area contributed by atoms with Crippen LogP contribution in [-0.4, -0.2) is 35.8 Å². The van der Waals surface area contributed by atoms with Crippen LogP contribution in [0.15, 0.2) is 35.1 Å². The van der Waals surface area contributed by atoms with Gasteiger partial charge in [-0.3, -0.25) is 9.69 Å². The fourth-order valence-electron chi connectivity index (χ4n) is 3.09. The van der Waals surface area contributed by atoms with Gasteiger partial charge in [0.1, 0.15) is 0 Å². The van der Waals surface area contributed by atoms with Crippen LogP contribution in [0.4, 0.5) is 0 Å². The van der Waals surface area contributed by atoms with E-state index in [-0.39, 0.29) is 5.56 Å². The summed E-state index contributed by atoms with van der Waals surface area (Å²) in [5.74, 6) is 0. The van der Waals surface area contributed by atoms with E-state index in [0.717, 1.165) is 42.5 Å². The third-order valence-corrected chi connectivity index (χ3v) is 4.19. The van der Waals surface area contributed by atoms with Crippen molar-refractivity contribution < 1.29 is 4.74 Å². The lowest BCUT2D eigenvalue weighted by molar-refractivity contribution is 0.0792. The van der Waals surface area contributed by atoms with Crippen molar-refractivity contribution in [2.75, 3.05) is 20.2 Å². The molecule has 2 aromatic rings. The zero-order chi connectivity index (χ0) is 14.8. The highest BCUT2D eigenvalue weighted by Crippen LogP contribution is 2.15. The molecule has 0 radical (unpaired) electrons. The number of fused-ring (bicyclic) bond motifs is 1. The van der Waals surface area contributed by atoms with Gasteiger partial charge in [-0.05, 0) is 37.4 Å². The van der Waals surface area contributed by atoms with Gasteiger partial charge in [0.05, 0.1) is 11.6 Å². The highest BCUT2D eigenvalue weighted by molar-refractivity contribution is 5.79. The third kappa shape index (κ3) is 3.01. The molecule has 1 aliphatic rings. The minimum Gasteiger partial charge on any atom is -0.377 e. The summed E-state index contributed by atoms with van der Waals surface area (Å²) in [6, 6.07) is 10.0. The first-order valence-electron chi connectivity index (χ1n) is 7.53. The smallest absolute Gasteiger partial charge is 0.255 e. The van der Waals surface area contributed by atoms with Crippen LogP contribution >= 0.6 is 0 Å². The van der Waals surface area contributed by atoms with Gasteiger partial charge in [0.15, 0.2) is 0 Å². The SMILES string of the molecule is CN(Cc1cc2ccccc2n(C)c1=O)C[C@@H]1CCCO1. The maximum atomic E-state index is 12.5. The fraction of sp³-hybridized carbons (Fsp3) is 0.471. The molecule has 21 heavy (non-hydrogen) atoms. The molecule has 0 bridgehead atoms. The van der Waals surface area contributed by atoms with Gasteiger partial charge in [0, 0.05) is 32.3 Å². The van der Waals surface area contributed by atoms with E-state index in [2.05, 4.69) is 18.0 Å². The van der Waals surface area contributed by atoms with Crippen molar-refractivity contribution in [3.8, 4) is 0 Å². The van der Waals surface area contributed by atoms with E-state index < -0.39 is 0 Å². The molecule has 1 saturated heterocycles. The predicted molar refractivity (Wildman–Crippen MR) is 84.5 cm³/mol. The number of hydrogen-bond acceptors (Lipinski definition) is 3. The van der Waals surface area contributed by atoms with Crippen LogP contribution in [0.25, 0.3) is 10.9 Å². The summed E-state index contributed by atoms with van der Waals surface area (Å²) in [4.78, 5) is 14.6. The molecule has 1 aliphatic heterocycles. The Kier molecular flexibility index (Phi) is 4.08. The summed E-state index contributed by atoms with van der Waals surface area (Å²) in [5, 5.41) is 1.11. The fourth-order valence-corrected chi connectivity index (χ4v) is 3.09. The Morgan fingerprint density at radius 2 is 2.19 bits per heavy atom. The first kappa shape index (κ1) is 14.3. The largest absolute Gasteiger partial charge is 0.377 e. The van der Waals surface area contributed by atoms with Gasteiger partial charge in [-0.1, -0.05) is 18.2 Å². The lowest BCUT2D eigenvalue weighted by atomic mass is 10.1. The van der Waals surface area contributed by atoms with Crippen molar-refractivity contribution >= 4 is 10.9 Å². The summed E-state index contributed by atoms with van der Waals surface area (Å²) in [6.07, 6.45) is 2.59. The average molecular weight is 286 g/mol. The highest BCUT2D eigenvalue weighted by Gasteiger charge is 2.18. The number of pyridine rings is 1. The average Bonchev–Trinajstić information content (AvgIpc) is 2.97. The van der Waals surface area contributed by atoms with E-state index in [1.165, 1.54) is 0 Å². The molecule has 0 amide bonds. The second-order valence-corrected chi connectivity index (χ2v) is 5.92. The summed E-state index contributed by atoms with van der Waals surface area (Å²) in [7, 11) is 3.89. The first-order valence-corrected chi connectivity index (χ1v) is 7.53. The second kappa shape index (κ2) is 6.00. The molecule has 1 aromatic heterocycles. The van der Waals surface area contributed by atoms with Crippen molar-refractivity contribution in [2.24, 2.45) is 7.05 Å². The van der Waals surface area contributed by atoms with Gasteiger partial charge in [-0.2, -0.15) is 0 Å². The molecule has 2 heterocycles. The Morgan fingerprint density at radius 3 is 2.95 bits per heavy atom. The van der Waals surface area contributed by atoms with Crippen LogP contribution in [0.2, 0.25) is 0 Å². The summed E-state index contributed by atoms with van der Waals surface area (Å²) in [6.45, 7) is 2.42. The van der Waals surface area contributed by atoms with Gasteiger partial charge in [-0.25, -0.2) is 0 Å². The molecule has 0 N–H and O–H groups in total. The number of nitrogens with zero attached hydrogens (tertiary/aromatic N) is 2. The molecule has 4 heteroatoms. The van der Waals surface area contributed by atoms with E-state index in [9.17, 15) is 4.79 Å². The lowest BCUT2D eigenvalue weighted by Gasteiger charge is -2.20. The monoisotopic (exact) mass is 286 g/mol. The summed E-state index contributed by atoms with van der Waals surface area (Å²) in [5.41, 5.74) is 1.91. The Bertz CT molecular complexity index is 687. The van der Waals surface area contributed by atoms with Crippen molar-refractivity contribution in [3.63, 3.8) is 0 Å². The molecule has 0 saturated carbocycles. The topological polar surface area (TPSA) is 34.5 Å². The number of likely N-dealkylation sites (N-methyl/N-ethyl adjacent to an activating group) is 1. The zero-order valence-electron chi connectivity index (χ0n) is 12.7. The van der Waals surface area contributed by atoms with E-state index in [0.29, 0.717) is 12.6 Å².